The van der Waals surface area contributed by atoms with Crippen LogP contribution in [0.4, 0.5) is 0 Å². The number of rotatable bonds is 13. The van der Waals surface area contributed by atoms with E-state index >= 15 is 0 Å². The number of nitrogens with one attached hydrogen (secondary N) is 1. The summed E-state index contributed by atoms with van der Waals surface area (Å²) >= 11 is 0. The molecule has 3 heteroatoms. The Bertz CT molecular complexity index is 614. The molecule has 0 saturated carbocycles. The lowest BCUT2D eigenvalue weighted by Gasteiger charge is -2.22. The summed E-state index contributed by atoms with van der Waals surface area (Å²) in [6, 6.07) is 0.497. The van der Waals surface area contributed by atoms with Crippen LogP contribution in [-0.2, 0) is 4.79 Å². The monoisotopic (exact) mass is 414 g/mol. The number of amides is 1. The average Bonchev–Trinajstić information content (AvgIpc) is 3.19. The van der Waals surface area contributed by atoms with Gasteiger partial charge in [0.25, 0.3) is 0 Å². The van der Waals surface area contributed by atoms with Crippen molar-refractivity contribution in [1.82, 2.24) is 10.2 Å². The van der Waals surface area contributed by atoms with E-state index in [2.05, 4.69) is 69.1 Å². The van der Waals surface area contributed by atoms with Crippen molar-refractivity contribution < 1.29 is 4.79 Å². The lowest BCUT2D eigenvalue weighted by atomic mass is 9.97. The molecule has 1 aliphatic heterocycles. The van der Waals surface area contributed by atoms with Gasteiger partial charge in [0, 0.05) is 18.2 Å². The van der Waals surface area contributed by atoms with Gasteiger partial charge in [-0.2, -0.15) is 0 Å². The van der Waals surface area contributed by atoms with E-state index in [1.807, 2.05) is 19.1 Å². The molecule has 0 bridgehead atoms. The summed E-state index contributed by atoms with van der Waals surface area (Å²) in [7, 11) is 0. The molecular formula is C27H46N2O. The summed E-state index contributed by atoms with van der Waals surface area (Å²) in [4.78, 5) is 14.8. The van der Waals surface area contributed by atoms with E-state index < -0.39 is 0 Å². The molecule has 0 aromatic rings. The molecule has 3 nitrogen and oxygen atoms in total. The van der Waals surface area contributed by atoms with Crippen LogP contribution in [-0.4, -0.2) is 36.5 Å². The van der Waals surface area contributed by atoms with E-state index in [9.17, 15) is 4.79 Å². The Kier molecular flexibility index (Phi) is 13.4. The SMILES string of the molecule is CCC(C)CCCC(C)/C=C/C=C(C)/C=C/C=C(\C)C(=O)NCC1CCCN1CC. The quantitative estimate of drug-likeness (QED) is 0.278. The van der Waals surface area contributed by atoms with Gasteiger partial charge in [-0.25, -0.2) is 0 Å². The van der Waals surface area contributed by atoms with E-state index in [1.165, 1.54) is 44.1 Å². The van der Waals surface area contributed by atoms with E-state index in [0.717, 1.165) is 31.1 Å². The average molecular weight is 415 g/mol. The van der Waals surface area contributed by atoms with Crippen LogP contribution in [0, 0.1) is 11.8 Å². The molecule has 1 rings (SSSR count). The molecule has 3 unspecified atom stereocenters. The third kappa shape index (κ3) is 11.0. The predicted molar refractivity (Wildman–Crippen MR) is 132 cm³/mol. The number of likely N-dealkylation sites (N-methyl/N-ethyl adjacent to an activating group) is 1. The zero-order valence-electron chi connectivity index (χ0n) is 20.4. The summed E-state index contributed by atoms with van der Waals surface area (Å²) in [5.74, 6) is 1.51. The number of nitrogens with zero attached hydrogens (tertiary/aromatic N) is 1. The zero-order chi connectivity index (χ0) is 22.4. The predicted octanol–water partition coefficient (Wildman–Crippen LogP) is 6.44. The van der Waals surface area contributed by atoms with Crippen molar-refractivity contribution in [1.29, 1.82) is 0 Å². The zero-order valence-corrected chi connectivity index (χ0v) is 20.4. The normalized spacial score (nSPS) is 20.9. The number of carbonyl (C=O) groups excluding carboxylic acids is 1. The Balaban J connectivity index is 2.36. The van der Waals surface area contributed by atoms with Crippen molar-refractivity contribution >= 4 is 5.91 Å². The van der Waals surface area contributed by atoms with Crippen LogP contribution in [0.3, 0.4) is 0 Å². The Hall–Kier alpha value is -1.61. The van der Waals surface area contributed by atoms with Crippen molar-refractivity contribution in [3.8, 4) is 0 Å². The molecular weight excluding hydrogens is 368 g/mol. The molecule has 1 aliphatic rings. The minimum Gasteiger partial charge on any atom is -0.351 e. The Morgan fingerprint density at radius 1 is 1.13 bits per heavy atom. The molecule has 0 aromatic carbocycles. The molecule has 1 N–H and O–H groups in total. The number of allylic oxidation sites excluding steroid dienone is 7. The summed E-state index contributed by atoms with van der Waals surface area (Å²) in [6.45, 7) is 16.0. The van der Waals surface area contributed by atoms with Gasteiger partial charge >= 0.3 is 0 Å². The van der Waals surface area contributed by atoms with E-state index in [0.29, 0.717) is 12.0 Å². The topological polar surface area (TPSA) is 32.3 Å². The first-order valence-electron chi connectivity index (χ1n) is 12.1. The van der Waals surface area contributed by atoms with Gasteiger partial charge in [-0.05, 0) is 58.0 Å². The molecule has 1 amide bonds. The molecule has 1 saturated heterocycles. The Morgan fingerprint density at radius 2 is 1.90 bits per heavy atom. The maximum atomic E-state index is 12.3. The highest BCUT2D eigenvalue weighted by atomic mass is 16.1. The van der Waals surface area contributed by atoms with Gasteiger partial charge in [0.2, 0.25) is 5.91 Å². The van der Waals surface area contributed by atoms with Gasteiger partial charge < -0.3 is 5.32 Å². The van der Waals surface area contributed by atoms with Crippen LogP contribution >= 0.6 is 0 Å². The van der Waals surface area contributed by atoms with E-state index in [-0.39, 0.29) is 5.91 Å². The highest BCUT2D eigenvalue weighted by Gasteiger charge is 2.23. The second-order valence-corrected chi connectivity index (χ2v) is 9.06. The first-order chi connectivity index (χ1) is 14.4. The molecule has 1 fully saturated rings. The molecule has 30 heavy (non-hydrogen) atoms. The number of carbonyl (C=O) groups is 1. The van der Waals surface area contributed by atoms with Gasteiger partial charge in [-0.3, -0.25) is 9.69 Å². The van der Waals surface area contributed by atoms with Crippen molar-refractivity contribution in [3.63, 3.8) is 0 Å². The first kappa shape index (κ1) is 26.4. The van der Waals surface area contributed by atoms with Crippen LogP contribution in [0.2, 0.25) is 0 Å². The minimum atomic E-state index is 0.0374. The van der Waals surface area contributed by atoms with Crippen molar-refractivity contribution in [2.75, 3.05) is 19.6 Å². The van der Waals surface area contributed by atoms with Crippen molar-refractivity contribution in [2.45, 2.75) is 86.1 Å². The molecule has 0 aliphatic carbocycles. The van der Waals surface area contributed by atoms with Gasteiger partial charge in [0.15, 0.2) is 0 Å². The lowest BCUT2D eigenvalue weighted by Crippen LogP contribution is -2.40. The van der Waals surface area contributed by atoms with Crippen molar-refractivity contribution in [2.24, 2.45) is 11.8 Å². The fourth-order valence-electron chi connectivity index (χ4n) is 3.85. The third-order valence-electron chi connectivity index (χ3n) is 6.32. The van der Waals surface area contributed by atoms with Gasteiger partial charge in [0.05, 0.1) is 0 Å². The highest BCUT2D eigenvalue weighted by Crippen LogP contribution is 2.16. The number of hydrogen-bond acceptors (Lipinski definition) is 2. The first-order valence-corrected chi connectivity index (χ1v) is 12.1. The third-order valence-corrected chi connectivity index (χ3v) is 6.32. The minimum absolute atomic E-state index is 0.0374. The fraction of sp³-hybridized carbons (Fsp3) is 0.667. The summed E-state index contributed by atoms with van der Waals surface area (Å²) in [6.07, 6.45) is 20.2. The van der Waals surface area contributed by atoms with Crippen LogP contribution in [0.15, 0.2) is 47.6 Å². The second kappa shape index (κ2) is 15.2. The smallest absolute Gasteiger partial charge is 0.246 e. The van der Waals surface area contributed by atoms with Crippen LogP contribution in [0.1, 0.15) is 80.1 Å². The maximum Gasteiger partial charge on any atom is 0.246 e. The summed E-state index contributed by atoms with van der Waals surface area (Å²) in [5, 5.41) is 3.09. The summed E-state index contributed by atoms with van der Waals surface area (Å²) in [5.41, 5.74) is 1.94. The molecule has 0 spiro atoms. The standard InChI is InChI=1S/C27H46N2O/c1-7-22(3)13-9-14-23(4)15-10-16-24(5)17-11-18-25(6)27(30)28-21-26-19-12-20-29(26)8-2/h10-11,15-18,22-23,26H,7-9,12-14,19-21H2,1-6H3,(H,28,30)/b15-10+,17-11+,24-16+,25-18+. The van der Waals surface area contributed by atoms with Gasteiger partial charge in [0.1, 0.15) is 0 Å². The van der Waals surface area contributed by atoms with Crippen LogP contribution in [0.25, 0.3) is 0 Å². The highest BCUT2D eigenvalue weighted by molar-refractivity contribution is 5.93. The number of likely N-dealkylation sites (tertiary alicyclic amines) is 1. The maximum absolute atomic E-state index is 12.3. The van der Waals surface area contributed by atoms with E-state index in [4.69, 9.17) is 0 Å². The molecule has 0 radical (unpaired) electrons. The second-order valence-electron chi connectivity index (χ2n) is 9.06. The van der Waals surface area contributed by atoms with Crippen molar-refractivity contribution in [3.05, 3.63) is 47.6 Å². The fourth-order valence-corrected chi connectivity index (χ4v) is 3.85. The largest absolute Gasteiger partial charge is 0.351 e. The molecule has 170 valence electrons. The lowest BCUT2D eigenvalue weighted by molar-refractivity contribution is -0.117. The molecule has 1 heterocycles. The van der Waals surface area contributed by atoms with Gasteiger partial charge in [-0.15, -0.1) is 0 Å². The molecule has 0 aromatic heterocycles. The Morgan fingerprint density at radius 3 is 2.60 bits per heavy atom. The van der Waals surface area contributed by atoms with E-state index in [1.54, 1.807) is 0 Å². The van der Waals surface area contributed by atoms with Gasteiger partial charge in [-0.1, -0.05) is 89.0 Å². The Labute approximate surface area is 186 Å². The number of hydrogen-bond donors (Lipinski definition) is 1. The molecule has 3 atom stereocenters. The van der Waals surface area contributed by atoms with Crippen LogP contribution < -0.4 is 5.32 Å². The summed E-state index contributed by atoms with van der Waals surface area (Å²) < 4.78 is 0. The van der Waals surface area contributed by atoms with Crippen LogP contribution in [0.5, 0.6) is 0 Å².